The number of aliphatic hydroxyl groups excluding tert-OH is 2. The molecule has 1 unspecified atom stereocenters. The van der Waals surface area contributed by atoms with Crippen LogP contribution < -0.4 is 10.5 Å². The Morgan fingerprint density at radius 3 is 2.55 bits per heavy atom. The molecule has 0 saturated heterocycles. The standard InChI is InChI=1S/C14H22N2O3S/c1-2-16(7-8-17)9-12(18)10-19-13-5-3-11(4-6-13)14(15)20/h3-6,12,17-18H,2,7-10H2,1H3,(H2,15,20). The van der Waals surface area contributed by atoms with E-state index in [1.54, 1.807) is 24.3 Å². The van der Waals surface area contributed by atoms with Gasteiger partial charge in [0.2, 0.25) is 0 Å². The van der Waals surface area contributed by atoms with Gasteiger partial charge in [-0.2, -0.15) is 0 Å². The molecule has 1 aromatic carbocycles. The van der Waals surface area contributed by atoms with Crippen LogP contribution in [-0.2, 0) is 0 Å². The summed E-state index contributed by atoms with van der Waals surface area (Å²) in [6, 6.07) is 7.11. The van der Waals surface area contributed by atoms with Crippen molar-refractivity contribution in [2.24, 2.45) is 5.73 Å². The Labute approximate surface area is 125 Å². The first-order valence-electron chi connectivity index (χ1n) is 6.60. The van der Waals surface area contributed by atoms with E-state index in [-0.39, 0.29) is 13.2 Å². The molecule has 1 aromatic rings. The van der Waals surface area contributed by atoms with Crippen molar-refractivity contribution in [3.8, 4) is 5.75 Å². The van der Waals surface area contributed by atoms with Crippen molar-refractivity contribution in [1.82, 2.24) is 4.90 Å². The molecule has 1 atom stereocenters. The predicted octanol–water partition coefficient (Wildman–Crippen LogP) is 0.375. The average molecular weight is 298 g/mol. The molecule has 4 N–H and O–H groups in total. The van der Waals surface area contributed by atoms with Gasteiger partial charge in [0.05, 0.1) is 6.61 Å². The van der Waals surface area contributed by atoms with Crippen molar-refractivity contribution in [1.29, 1.82) is 0 Å². The predicted molar refractivity (Wildman–Crippen MR) is 83.0 cm³/mol. The Morgan fingerprint density at radius 2 is 2.05 bits per heavy atom. The number of thiocarbonyl (C=S) groups is 1. The number of rotatable bonds is 9. The molecule has 20 heavy (non-hydrogen) atoms. The van der Waals surface area contributed by atoms with Crippen LogP contribution in [0, 0.1) is 0 Å². The number of aliphatic hydroxyl groups is 2. The molecule has 0 radical (unpaired) electrons. The van der Waals surface area contributed by atoms with E-state index in [1.807, 2.05) is 11.8 Å². The highest BCUT2D eigenvalue weighted by Crippen LogP contribution is 2.12. The lowest BCUT2D eigenvalue weighted by molar-refractivity contribution is 0.0638. The second kappa shape index (κ2) is 8.86. The third-order valence-electron chi connectivity index (χ3n) is 2.91. The zero-order valence-electron chi connectivity index (χ0n) is 11.7. The van der Waals surface area contributed by atoms with Gasteiger partial charge in [0.1, 0.15) is 23.4 Å². The fourth-order valence-corrected chi connectivity index (χ4v) is 1.91. The maximum Gasteiger partial charge on any atom is 0.119 e. The van der Waals surface area contributed by atoms with Gasteiger partial charge >= 0.3 is 0 Å². The normalized spacial score (nSPS) is 12.4. The third-order valence-corrected chi connectivity index (χ3v) is 3.15. The maximum atomic E-state index is 9.89. The molecular formula is C14H22N2O3S. The monoisotopic (exact) mass is 298 g/mol. The molecule has 0 aliphatic carbocycles. The Kier molecular flexibility index (Phi) is 7.46. The van der Waals surface area contributed by atoms with Crippen LogP contribution in [0.4, 0.5) is 0 Å². The number of likely N-dealkylation sites (N-methyl/N-ethyl adjacent to an activating group) is 1. The van der Waals surface area contributed by atoms with Crippen molar-refractivity contribution in [2.75, 3.05) is 32.8 Å². The van der Waals surface area contributed by atoms with Gasteiger partial charge in [-0.25, -0.2) is 0 Å². The largest absolute Gasteiger partial charge is 0.491 e. The second-order valence-electron chi connectivity index (χ2n) is 4.47. The van der Waals surface area contributed by atoms with Crippen LogP contribution in [0.25, 0.3) is 0 Å². The van der Waals surface area contributed by atoms with E-state index >= 15 is 0 Å². The lowest BCUT2D eigenvalue weighted by atomic mass is 10.2. The molecule has 0 spiro atoms. The minimum absolute atomic E-state index is 0.0852. The number of nitrogens with zero attached hydrogens (tertiary/aromatic N) is 1. The zero-order chi connectivity index (χ0) is 15.0. The van der Waals surface area contributed by atoms with E-state index in [1.165, 1.54) is 0 Å². The van der Waals surface area contributed by atoms with Gasteiger partial charge in [-0.1, -0.05) is 19.1 Å². The van der Waals surface area contributed by atoms with Crippen molar-refractivity contribution in [3.05, 3.63) is 29.8 Å². The molecular weight excluding hydrogens is 276 g/mol. The molecule has 5 nitrogen and oxygen atoms in total. The molecule has 0 aliphatic rings. The molecule has 0 aromatic heterocycles. The van der Waals surface area contributed by atoms with Gasteiger partial charge in [0.25, 0.3) is 0 Å². The summed E-state index contributed by atoms with van der Waals surface area (Å²) in [5.41, 5.74) is 6.29. The summed E-state index contributed by atoms with van der Waals surface area (Å²) in [6.45, 7) is 4.08. The molecule has 6 heteroatoms. The van der Waals surface area contributed by atoms with Gasteiger partial charge in [0, 0.05) is 18.7 Å². The van der Waals surface area contributed by atoms with E-state index in [0.717, 1.165) is 12.1 Å². The van der Waals surface area contributed by atoms with Crippen LogP contribution in [0.15, 0.2) is 24.3 Å². The summed E-state index contributed by atoms with van der Waals surface area (Å²) in [7, 11) is 0. The van der Waals surface area contributed by atoms with Crippen molar-refractivity contribution in [2.45, 2.75) is 13.0 Å². The Balaban J connectivity index is 2.40. The molecule has 0 bridgehead atoms. The quantitative estimate of drug-likeness (QED) is 0.572. The van der Waals surface area contributed by atoms with Crippen molar-refractivity contribution >= 4 is 17.2 Å². The molecule has 0 amide bonds. The van der Waals surface area contributed by atoms with Crippen LogP contribution in [0.1, 0.15) is 12.5 Å². The molecule has 0 aliphatic heterocycles. The van der Waals surface area contributed by atoms with Gasteiger partial charge in [-0.15, -0.1) is 0 Å². The van der Waals surface area contributed by atoms with E-state index < -0.39 is 6.10 Å². The lowest BCUT2D eigenvalue weighted by Gasteiger charge is -2.22. The summed E-state index contributed by atoms with van der Waals surface area (Å²) >= 11 is 4.87. The minimum atomic E-state index is -0.600. The topological polar surface area (TPSA) is 79.0 Å². The van der Waals surface area contributed by atoms with Crippen molar-refractivity contribution < 1.29 is 14.9 Å². The highest BCUT2D eigenvalue weighted by Gasteiger charge is 2.10. The highest BCUT2D eigenvalue weighted by atomic mass is 32.1. The average Bonchev–Trinajstić information content (AvgIpc) is 2.45. The van der Waals surface area contributed by atoms with Gasteiger partial charge in [-0.05, 0) is 30.8 Å². The molecule has 0 saturated carbocycles. The molecule has 0 fully saturated rings. The summed E-state index contributed by atoms with van der Waals surface area (Å²) in [4.78, 5) is 2.31. The summed E-state index contributed by atoms with van der Waals surface area (Å²) in [5.74, 6) is 0.661. The first-order chi connectivity index (χ1) is 9.56. The van der Waals surface area contributed by atoms with Gasteiger partial charge in [-0.3, -0.25) is 4.90 Å². The van der Waals surface area contributed by atoms with Crippen molar-refractivity contribution in [3.63, 3.8) is 0 Å². The fraction of sp³-hybridized carbons (Fsp3) is 0.500. The number of hydrogen-bond donors (Lipinski definition) is 3. The van der Waals surface area contributed by atoms with Crippen LogP contribution >= 0.6 is 12.2 Å². The number of ether oxygens (including phenoxy) is 1. The van der Waals surface area contributed by atoms with Crippen LogP contribution in [0.3, 0.4) is 0 Å². The highest BCUT2D eigenvalue weighted by molar-refractivity contribution is 7.80. The minimum Gasteiger partial charge on any atom is -0.491 e. The second-order valence-corrected chi connectivity index (χ2v) is 4.91. The van der Waals surface area contributed by atoms with E-state index in [2.05, 4.69) is 0 Å². The third kappa shape index (κ3) is 5.83. The van der Waals surface area contributed by atoms with E-state index in [4.69, 9.17) is 27.8 Å². The van der Waals surface area contributed by atoms with Gasteiger partial charge < -0.3 is 20.7 Å². The molecule has 112 valence electrons. The van der Waals surface area contributed by atoms with E-state index in [9.17, 15) is 5.11 Å². The first kappa shape index (κ1) is 16.8. The van der Waals surface area contributed by atoms with Crippen LogP contribution in [0.5, 0.6) is 5.75 Å². The fourth-order valence-electron chi connectivity index (χ4n) is 1.78. The number of hydrogen-bond acceptors (Lipinski definition) is 5. The Hall–Kier alpha value is -1.21. The SMILES string of the molecule is CCN(CCO)CC(O)COc1ccc(C(N)=S)cc1. The molecule has 0 heterocycles. The summed E-state index contributed by atoms with van der Waals surface area (Å²) < 4.78 is 5.50. The lowest BCUT2D eigenvalue weighted by Crippen LogP contribution is -2.37. The number of nitrogens with two attached hydrogens (primary N) is 1. The zero-order valence-corrected chi connectivity index (χ0v) is 12.5. The van der Waals surface area contributed by atoms with Crippen LogP contribution in [0.2, 0.25) is 0 Å². The Morgan fingerprint density at radius 1 is 1.40 bits per heavy atom. The summed E-state index contributed by atoms with van der Waals surface area (Å²) in [6.07, 6.45) is -0.600. The summed E-state index contributed by atoms with van der Waals surface area (Å²) in [5, 5.41) is 18.8. The maximum absolute atomic E-state index is 9.89. The van der Waals surface area contributed by atoms with E-state index in [0.29, 0.717) is 23.8 Å². The first-order valence-corrected chi connectivity index (χ1v) is 7.01. The smallest absolute Gasteiger partial charge is 0.119 e. The van der Waals surface area contributed by atoms with Gasteiger partial charge in [0.15, 0.2) is 0 Å². The number of benzene rings is 1. The van der Waals surface area contributed by atoms with Crippen LogP contribution in [-0.4, -0.2) is 59.1 Å². The molecule has 1 rings (SSSR count). The Bertz CT molecular complexity index is 411.